The molecule has 0 saturated carbocycles. The van der Waals surface area contributed by atoms with Crippen molar-refractivity contribution in [3.05, 3.63) is 35.6 Å². The molecule has 1 fully saturated rings. The molecule has 4 nitrogen and oxygen atoms in total. The molecule has 0 bridgehead atoms. The zero-order chi connectivity index (χ0) is 15.3. The molecule has 0 spiro atoms. The monoisotopic (exact) mass is 329 g/mol. The second-order valence-corrected chi connectivity index (χ2v) is 6.20. The number of halogens is 2. The number of nitrogens with zero attached hydrogens (tertiary/aromatic N) is 1. The molecule has 1 heterocycles. The average molecular weight is 330 g/mol. The number of amides is 1. The molecule has 1 aliphatic heterocycles. The van der Waals surface area contributed by atoms with E-state index >= 15 is 0 Å². The maximum Gasteiger partial charge on any atom is 0.234 e. The Kier molecular flexibility index (Phi) is 7.26. The van der Waals surface area contributed by atoms with Crippen molar-refractivity contribution in [2.45, 2.75) is 19.8 Å². The second kappa shape index (κ2) is 8.46. The van der Waals surface area contributed by atoms with Crippen LogP contribution >= 0.6 is 12.4 Å². The standard InChI is InChI=1S/C16H24FN3O.ClH/c1-16(11-18)7-9-20(12-16)10-15(21)19-8-6-13-2-4-14(17)5-3-13;/h2-5H,6-12,18H2,1H3,(H,19,21);1H. The first kappa shape index (κ1) is 18.9. The van der Waals surface area contributed by atoms with Crippen molar-refractivity contribution in [3.8, 4) is 0 Å². The fourth-order valence-electron chi connectivity index (χ4n) is 2.68. The molecule has 1 amide bonds. The maximum atomic E-state index is 12.8. The highest BCUT2D eigenvalue weighted by Crippen LogP contribution is 2.27. The summed E-state index contributed by atoms with van der Waals surface area (Å²) in [4.78, 5) is 14.1. The average Bonchev–Trinajstić information content (AvgIpc) is 2.83. The van der Waals surface area contributed by atoms with E-state index in [9.17, 15) is 9.18 Å². The summed E-state index contributed by atoms with van der Waals surface area (Å²) in [5.41, 5.74) is 6.93. The van der Waals surface area contributed by atoms with E-state index in [0.717, 1.165) is 25.1 Å². The van der Waals surface area contributed by atoms with Crippen LogP contribution in [0.5, 0.6) is 0 Å². The van der Waals surface area contributed by atoms with Crippen LogP contribution in [0, 0.1) is 11.2 Å². The normalized spacial score (nSPS) is 21.4. The summed E-state index contributed by atoms with van der Waals surface area (Å²) in [5.74, 6) is -0.196. The molecular weight excluding hydrogens is 305 g/mol. The third-order valence-corrected chi connectivity index (χ3v) is 4.15. The van der Waals surface area contributed by atoms with E-state index in [1.807, 2.05) is 0 Å². The van der Waals surface area contributed by atoms with Crippen LogP contribution in [0.1, 0.15) is 18.9 Å². The summed E-state index contributed by atoms with van der Waals surface area (Å²) in [6, 6.07) is 6.37. The molecule has 2 rings (SSSR count). The van der Waals surface area contributed by atoms with Crippen LogP contribution in [0.25, 0.3) is 0 Å². The molecule has 1 saturated heterocycles. The lowest BCUT2D eigenvalue weighted by Gasteiger charge is -2.22. The van der Waals surface area contributed by atoms with Crippen molar-refractivity contribution < 1.29 is 9.18 Å². The first-order chi connectivity index (χ1) is 10.0. The summed E-state index contributed by atoms with van der Waals surface area (Å²) in [5, 5.41) is 2.91. The minimum Gasteiger partial charge on any atom is -0.355 e. The van der Waals surface area contributed by atoms with Crippen molar-refractivity contribution in [3.63, 3.8) is 0 Å². The predicted octanol–water partition coefficient (Wildman–Crippen LogP) is 1.58. The van der Waals surface area contributed by atoms with Crippen LogP contribution in [-0.2, 0) is 11.2 Å². The van der Waals surface area contributed by atoms with Gasteiger partial charge in [0.1, 0.15) is 5.82 Å². The van der Waals surface area contributed by atoms with Gasteiger partial charge in [-0.05, 0) is 49.0 Å². The number of hydrogen-bond acceptors (Lipinski definition) is 3. The van der Waals surface area contributed by atoms with Gasteiger partial charge in [-0.3, -0.25) is 9.69 Å². The Morgan fingerprint density at radius 3 is 2.68 bits per heavy atom. The first-order valence-corrected chi connectivity index (χ1v) is 7.44. The van der Waals surface area contributed by atoms with E-state index in [4.69, 9.17) is 5.73 Å². The van der Waals surface area contributed by atoms with Crippen LogP contribution in [0.3, 0.4) is 0 Å². The Morgan fingerprint density at radius 2 is 2.09 bits per heavy atom. The summed E-state index contributed by atoms with van der Waals surface area (Å²) in [6.45, 7) is 5.65. The lowest BCUT2D eigenvalue weighted by molar-refractivity contribution is -0.122. The topological polar surface area (TPSA) is 58.4 Å². The molecule has 0 aromatic heterocycles. The maximum absolute atomic E-state index is 12.8. The molecule has 1 atom stereocenters. The van der Waals surface area contributed by atoms with Gasteiger partial charge in [0.15, 0.2) is 0 Å². The van der Waals surface area contributed by atoms with E-state index in [1.165, 1.54) is 12.1 Å². The fraction of sp³-hybridized carbons (Fsp3) is 0.562. The molecule has 0 aliphatic carbocycles. The summed E-state index contributed by atoms with van der Waals surface area (Å²) in [6.07, 6.45) is 1.76. The van der Waals surface area contributed by atoms with Gasteiger partial charge in [0.05, 0.1) is 6.54 Å². The molecule has 1 aliphatic rings. The van der Waals surface area contributed by atoms with E-state index in [2.05, 4.69) is 17.1 Å². The number of nitrogens with one attached hydrogen (secondary N) is 1. The van der Waals surface area contributed by atoms with Gasteiger partial charge < -0.3 is 11.1 Å². The number of likely N-dealkylation sites (tertiary alicyclic amines) is 1. The number of hydrogen-bond donors (Lipinski definition) is 2. The third-order valence-electron chi connectivity index (χ3n) is 4.15. The molecule has 22 heavy (non-hydrogen) atoms. The SMILES string of the molecule is CC1(CN)CCN(CC(=O)NCCc2ccc(F)cc2)C1.Cl. The van der Waals surface area contributed by atoms with Gasteiger partial charge in [-0.2, -0.15) is 0 Å². The third kappa shape index (κ3) is 5.55. The van der Waals surface area contributed by atoms with E-state index in [-0.39, 0.29) is 29.5 Å². The Hall–Kier alpha value is -1.17. The lowest BCUT2D eigenvalue weighted by Crippen LogP contribution is -2.38. The minimum atomic E-state index is -0.236. The number of rotatable bonds is 6. The number of benzene rings is 1. The molecule has 1 aromatic carbocycles. The molecule has 1 aromatic rings. The van der Waals surface area contributed by atoms with Gasteiger partial charge in [0.2, 0.25) is 5.91 Å². The Morgan fingerprint density at radius 1 is 1.41 bits per heavy atom. The molecule has 0 radical (unpaired) electrons. The summed E-state index contributed by atoms with van der Waals surface area (Å²) < 4.78 is 12.8. The van der Waals surface area contributed by atoms with E-state index < -0.39 is 0 Å². The Balaban J connectivity index is 0.00000242. The van der Waals surface area contributed by atoms with E-state index in [1.54, 1.807) is 12.1 Å². The van der Waals surface area contributed by atoms with Gasteiger partial charge in [-0.25, -0.2) is 4.39 Å². The minimum absolute atomic E-state index is 0. The van der Waals surface area contributed by atoms with Crippen molar-refractivity contribution in [1.29, 1.82) is 0 Å². The van der Waals surface area contributed by atoms with Gasteiger partial charge in [0, 0.05) is 13.1 Å². The highest BCUT2D eigenvalue weighted by Gasteiger charge is 2.32. The molecule has 6 heteroatoms. The molecular formula is C16H25ClFN3O. The van der Waals surface area contributed by atoms with Gasteiger partial charge in [-0.1, -0.05) is 19.1 Å². The predicted molar refractivity (Wildman–Crippen MR) is 88.6 cm³/mol. The second-order valence-electron chi connectivity index (χ2n) is 6.20. The van der Waals surface area contributed by atoms with Crippen molar-refractivity contribution in [2.75, 3.05) is 32.7 Å². The highest BCUT2D eigenvalue weighted by molar-refractivity contribution is 5.85. The Labute approximate surface area is 137 Å². The molecule has 1 unspecified atom stereocenters. The zero-order valence-corrected chi connectivity index (χ0v) is 13.8. The fourth-order valence-corrected chi connectivity index (χ4v) is 2.68. The Bertz CT molecular complexity index is 483. The number of carbonyl (C=O) groups excluding carboxylic acids is 1. The van der Waals surface area contributed by atoms with Crippen LogP contribution in [0.2, 0.25) is 0 Å². The number of carbonyl (C=O) groups is 1. The van der Waals surface area contributed by atoms with Crippen molar-refractivity contribution >= 4 is 18.3 Å². The first-order valence-electron chi connectivity index (χ1n) is 7.44. The molecule has 124 valence electrons. The largest absolute Gasteiger partial charge is 0.355 e. The van der Waals surface area contributed by atoms with Gasteiger partial charge in [-0.15, -0.1) is 12.4 Å². The van der Waals surface area contributed by atoms with Crippen LogP contribution < -0.4 is 11.1 Å². The van der Waals surface area contributed by atoms with Crippen molar-refractivity contribution in [2.24, 2.45) is 11.1 Å². The highest BCUT2D eigenvalue weighted by atomic mass is 35.5. The lowest BCUT2D eigenvalue weighted by atomic mass is 9.90. The van der Waals surface area contributed by atoms with Crippen molar-refractivity contribution in [1.82, 2.24) is 10.2 Å². The van der Waals surface area contributed by atoms with Crippen LogP contribution in [0.4, 0.5) is 4.39 Å². The molecule has 3 N–H and O–H groups in total. The van der Waals surface area contributed by atoms with E-state index in [0.29, 0.717) is 26.1 Å². The summed E-state index contributed by atoms with van der Waals surface area (Å²) in [7, 11) is 0. The van der Waals surface area contributed by atoms with Gasteiger partial charge in [0.25, 0.3) is 0 Å². The smallest absolute Gasteiger partial charge is 0.234 e. The van der Waals surface area contributed by atoms with Crippen LogP contribution in [-0.4, -0.2) is 43.5 Å². The van der Waals surface area contributed by atoms with Crippen LogP contribution in [0.15, 0.2) is 24.3 Å². The zero-order valence-electron chi connectivity index (χ0n) is 13.0. The quantitative estimate of drug-likeness (QED) is 0.833. The summed E-state index contributed by atoms with van der Waals surface area (Å²) >= 11 is 0. The van der Waals surface area contributed by atoms with Gasteiger partial charge >= 0.3 is 0 Å². The number of nitrogens with two attached hydrogens (primary N) is 1.